The third-order valence-electron chi connectivity index (χ3n) is 5.41. The topological polar surface area (TPSA) is 86.8 Å². The fourth-order valence-corrected chi connectivity index (χ4v) is 4.94. The van der Waals surface area contributed by atoms with E-state index in [9.17, 15) is 31.2 Å². The Balaban J connectivity index is 2.56. The number of hydrogen-bond acceptors (Lipinski definition) is 4. The van der Waals surface area contributed by atoms with Gasteiger partial charge in [0.25, 0.3) is 0 Å². The number of anilines is 1. The van der Waals surface area contributed by atoms with Crippen molar-refractivity contribution in [3.8, 4) is 0 Å². The zero-order valence-corrected chi connectivity index (χ0v) is 23.9. The van der Waals surface area contributed by atoms with Crippen molar-refractivity contribution < 1.29 is 31.2 Å². The van der Waals surface area contributed by atoms with Crippen molar-refractivity contribution in [2.24, 2.45) is 0 Å². The van der Waals surface area contributed by atoms with Crippen LogP contribution in [0.3, 0.4) is 0 Å². The first-order valence-corrected chi connectivity index (χ1v) is 14.1. The number of benzene rings is 2. The summed E-state index contributed by atoms with van der Waals surface area (Å²) in [5, 5.41) is 2.52. The van der Waals surface area contributed by atoms with E-state index < -0.39 is 62.4 Å². The molecule has 0 aromatic heterocycles. The maximum Gasteiger partial charge on any atom is 0.417 e. The molecule has 210 valence electrons. The Morgan fingerprint density at radius 3 is 2.13 bits per heavy atom. The van der Waals surface area contributed by atoms with Gasteiger partial charge in [-0.05, 0) is 57.0 Å². The Bertz CT molecular complexity index is 1280. The zero-order chi connectivity index (χ0) is 29.1. The van der Waals surface area contributed by atoms with Gasteiger partial charge in [0.05, 0.1) is 22.5 Å². The maximum absolute atomic E-state index is 13.7. The minimum absolute atomic E-state index is 0.138. The highest BCUT2D eigenvalue weighted by Crippen LogP contribution is 2.37. The van der Waals surface area contributed by atoms with E-state index in [1.165, 1.54) is 4.90 Å². The van der Waals surface area contributed by atoms with Crippen molar-refractivity contribution >= 4 is 50.7 Å². The molecular formula is C25H30Cl2F3N3O4S. The fraction of sp³-hybridized carbons (Fsp3) is 0.440. The molecule has 38 heavy (non-hydrogen) atoms. The van der Waals surface area contributed by atoms with E-state index in [1.807, 2.05) is 0 Å². The highest BCUT2D eigenvalue weighted by atomic mass is 35.5. The number of rotatable bonds is 9. The van der Waals surface area contributed by atoms with Crippen molar-refractivity contribution in [2.45, 2.75) is 58.4 Å². The van der Waals surface area contributed by atoms with Crippen LogP contribution in [0.25, 0.3) is 0 Å². The molecule has 2 amide bonds. The van der Waals surface area contributed by atoms with E-state index in [-0.39, 0.29) is 13.0 Å². The van der Waals surface area contributed by atoms with Crippen LogP contribution in [-0.2, 0) is 32.3 Å². The molecule has 0 heterocycles. The largest absolute Gasteiger partial charge is 0.417 e. The molecule has 0 spiro atoms. The van der Waals surface area contributed by atoms with Crippen LogP contribution in [0.4, 0.5) is 18.9 Å². The quantitative estimate of drug-likeness (QED) is 0.414. The summed E-state index contributed by atoms with van der Waals surface area (Å²) in [5.41, 5.74) is -1.77. The summed E-state index contributed by atoms with van der Waals surface area (Å²) >= 11 is 12.0. The van der Waals surface area contributed by atoms with Crippen LogP contribution < -0.4 is 9.62 Å². The number of alkyl halides is 3. The summed E-state index contributed by atoms with van der Waals surface area (Å²) < 4.78 is 66.2. The lowest BCUT2D eigenvalue weighted by molar-refractivity contribution is -0.141. The van der Waals surface area contributed by atoms with Gasteiger partial charge < -0.3 is 10.2 Å². The van der Waals surface area contributed by atoms with Crippen LogP contribution in [-0.4, -0.2) is 49.5 Å². The first kappa shape index (κ1) is 31.7. The van der Waals surface area contributed by atoms with E-state index in [4.69, 9.17) is 23.2 Å². The molecule has 1 atom stereocenters. The molecule has 2 rings (SSSR count). The van der Waals surface area contributed by atoms with Crippen molar-refractivity contribution in [1.82, 2.24) is 10.2 Å². The van der Waals surface area contributed by atoms with Gasteiger partial charge in [-0.1, -0.05) is 48.3 Å². The van der Waals surface area contributed by atoms with Crippen LogP contribution in [0.2, 0.25) is 10.0 Å². The van der Waals surface area contributed by atoms with Crippen molar-refractivity contribution in [3.05, 3.63) is 63.6 Å². The molecule has 0 aliphatic heterocycles. The van der Waals surface area contributed by atoms with Gasteiger partial charge in [-0.25, -0.2) is 8.42 Å². The van der Waals surface area contributed by atoms with Crippen LogP contribution >= 0.6 is 23.2 Å². The molecule has 7 nitrogen and oxygen atoms in total. The lowest BCUT2D eigenvalue weighted by Gasteiger charge is -2.34. The maximum atomic E-state index is 13.7. The number of carbonyl (C=O) groups is 2. The minimum Gasteiger partial charge on any atom is -0.350 e. The number of carbonyl (C=O) groups excluding carboxylic acids is 2. The summed E-state index contributed by atoms with van der Waals surface area (Å²) in [6, 6.07) is 8.17. The number of amides is 2. The fourth-order valence-electron chi connectivity index (χ4n) is 3.68. The lowest BCUT2D eigenvalue weighted by Crippen LogP contribution is -2.55. The van der Waals surface area contributed by atoms with E-state index in [0.717, 1.165) is 18.4 Å². The van der Waals surface area contributed by atoms with E-state index >= 15 is 0 Å². The summed E-state index contributed by atoms with van der Waals surface area (Å²) in [7, 11) is -4.24. The number of nitrogens with zero attached hydrogens (tertiary/aromatic N) is 2. The monoisotopic (exact) mass is 595 g/mol. The smallest absolute Gasteiger partial charge is 0.350 e. The summed E-state index contributed by atoms with van der Waals surface area (Å²) in [6.45, 7) is 5.98. The van der Waals surface area contributed by atoms with Gasteiger partial charge in [0.2, 0.25) is 21.8 Å². The predicted molar refractivity (Wildman–Crippen MR) is 143 cm³/mol. The Labute approximate surface area is 230 Å². The average molecular weight is 596 g/mol. The van der Waals surface area contributed by atoms with Gasteiger partial charge in [-0.2, -0.15) is 13.2 Å². The molecule has 2 aromatic carbocycles. The van der Waals surface area contributed by atoms with Crippen LogP contribution in [0.15, 0.2) is 42.5 Å². The second kappa shape index (κ2) is 12.1. The predicted octanol–water partition coefficient (Wildman–Crippen LogP) is 5.50. The SMILES string of the molecule is CC[C@H](C(=O)NC(C)(C)C)N(Cc1ccccc1Cl)C(=O)CN(c1ccc(Cl)c(C(F)(F)F)c1)S(C)(=O)=O. The van der Waals surface area contributed by atoms with Gasteiger partial charge in [0, 0.05) is 17.1 Å². The number of hydrogen-bond donors (Lipinski definition) is 1. The highest BCUT2D eigenvalue weighted by Gasteiger charge is 2.36. The molecule has 0 saturated heterocycles. The van der Waals surface area contributed by atoms with Gasteiger partial charge in [-0.3, -0.25) is 13.9 Å². The van der Waals surface area contributed by atoms with Gasteiger partial charge in [-0.15, -0.1) is 0 Å². The number of nitrogens with one attached hydrogen (secondary N) is 1. The Kier molecular flexibility index (Phi) is 10.1. The second-order valence-corrected chi connectivity index (χ2v) is 12.4. The molecule has 0 radical (unpaired) electrons. The first-order chi connectivity index (χ1) is 17.3. The molecule has 0 aliphatic rings. The average Bonchev–Trinajstić information content (AvgIpc) is 2.76. The summed E-state index contributed by atoms with van der Waals surface area (Å²) in [6.07, 6.45) is -3.91. The molecule has 0 fully saturated rings. The molecule has 2 aromatic rings. The van der Waals surface area contributed by atoms with Crippen LogP contribution in [0.1, 0.15) is 45.2 Å². The Hall–Kier alpha value is -2.50. The summed E-state index contributed by atoms with van der Waals surface area (Å²) in [5.74, 6) is -1.29. The molecule has 0 saturated carbocycles. The van der Waals surface area contributed by atoms with Gasteiger partial charge in [0.15, 0.2) is 0 Å². The molecule has 1 N–H and O–H groups in total. The molecular weight excluding hydrogens is 566 g/mol. The van der Waals surface area contributed by atoms with E-state index in [0.29, 0.717) is 21.0 Å². The van der Waals surface area contributed by atoms with Gasteiger partial charge in [0.1, 0.15) is 12.6 Å². The minimum atomic E-state index is -4.85. The third-order valence-corrected chi connectivity index (χ3v) is 7.24. The Morgan fingerprint density at radius 1 is 1.03 bits per heavy atom. The second-order valence-electron chi connectivity index (χ2n) is 9.71. The van der Waals surface area contributed by atoms with Crippen molar-refractivity contribution in [3.63, 3.8) is 0 Å². The lowest BCUT2D eigenvalue weighted by atomic mass is 10.1. The highest BCUT2D eigenvalue weighted by molar-refractivity contribution is 7.92. The van der Waals surface area contributed by atoms with E-state index in [1.54, 1.807) is 52.0 Å². The number of sulfonamides is 1. The van der Waals surface area contributed by atoms with E-state index in [2.05, 4.69) is 5.32 Å². The third kappa shape index (κ3) is 8.51. The van der Waals surface area contributed by atoms with Crippen LogP contribution in [0, 0.1) is 0 Å². The standard InChI is InChI=1S/C25H30Cl2F3N3O4S/c1-6-21(23(35)31-24(2,3)4)32(14-16-9-7-8-10-19(16)26)22(34)15-33(38(5,36)37)17-11-12-20(27)18(13-17)25(28,29)30/h7-13,21H,6,14-15H2,1-5H3,(H,31,35)/t21-/m1/s1. The van der Waals surface area contributed by atoms with Crippen molar-refractivity contribution in [2.75, 3.05) is 17.1 Å². The van der Waals surface area contributed by atoms with Crippen LogP contribution in [0.5, 0.6) is 0 Å². The van der Waals surface area contributed by atoms with Crippen molar-refractivity contribution in [1.29, 1.82) is 0 Å². The molecule has 0 aliphatic carbocycles. The number of halogens is 5. The van der Waals surface area contributed by atoms with Gasteiger partial charge >= 0.3 is 6.18 Å². The summed E-state index contributed by atoms with van der Waals surface area (Å²) in [4.78, 5) is 28.0. The molecule has 13 heteroatoms. The normalized spacial score (nSPS) is 13.1. The first-order valence-electron chi connectivity index (χ1n) is 11.5. The molecule has 0 bridgehead atoms. The zero-order valence-electron chi connectivity index (χ0n) is 21.6. The Morgan fingerprint density at radius 2 is 1.63 bits per heavy atom. The molecule has 0 unspecified atom stereocenters.